The van der Waals surface area contributed by atoms with Crippen molar-refractivity contribution < 1.29 is 24.7 Å². The monoisotopic (exact) mass is 357 g/mol. The first-order valence-corrected chi connectivity index (χ1v) is 7.32. The Labute approximate surface area is 148 Å². The summed E-state index contributed by atoms with van der Waals surface area (Å²) in [5, 5.41) is 29.8. The lowest BCUT2D eigenvalue weighted by atomic mass is 10.0. The summed E-state index contributed by atoms with van der Waals surface area (Å²) in [6, 6.07) is 7.14. The van der Waals surface area contributed by atoms with E-state index in [0.717, 1.165) is 11.9 Å². The summed E-state index contributed by atoms with van der Waals surface area (Å²) < 4.78 is 0. The highest BCUT2D eigenvalue weighted by Crippen LogP contribution is 2.28. The SMILES string of the molecule is CN(C)c1ccccc1C=Cc1c([N+](=O)[O-])cnc(C(=O)O)c1C(=O)O. The third-order valence-electron chi connectivity index (χ3n) is 3.56. The van der Waals surface area contributed by atoms with Crippen LogP contribution >= 0.6 is 0 Å². The Morgan fingerprint density at radius 3 is 2.35 bits per heavy atom. The highest BCUT2D eigenvalue weighted by atomic mass is 16.6. The van der Waals surface area contributed by atoms with Crippen molar-refractivity contribution in [3.05, 3.63) is 63.0 Å². The summed E-state index contributed by atoms with van der Waals surface area (Å²) in [4.78, 5) is 38.5. The molecule has 2 rings (SSSR count). The molecule has 134 valence electrons. The van der Waals surface area contributed by atoms with E-state index in [1.807, 2.05) is 31.1 Å². The van der Waals surface area contributed by atoms with Crippen molar-refractivity contribution in [2.45, 2.75) is 0 Å². The molecule has 9 heteroatoms. The average molecular weight is 357 g/mol. The van der Waals surface area contributed by atoms with E-state index in [1.54, 1.807) is 12.1 Å². The number of benzene rings is 1. The van der Waals surface area contributed by atoms with E-state index < -0.39 is 33.8 Å². The Kier molecular flexibility index (Phi) is 5.31. The fourth-order valence-electron chi connectivity index (χ4n) is 2.42. The van der Waals surface area contributed by atoms with E-state index >= 15 is 0 Å². The maximum Gasteiger partial charge on any atom is 0.355 e. The summed E-state index contributed by atoms with van der Waals surface area (Å²) in [5.74, 6) is -3.19. The standard InChI is InChI=1S/C17H15N3O6/c1-19(2)12-6-4-3-5-10(12)7-8-11-13(20(25)26)9-18-15(17(23)24)14(11)16(21)22/h3-9H,1-2H3,(H,21,22)(H,23,24). The molecule has 2 aromatic rings. The molecule has 0 bridgehead atoms. The third-order valence-corrected chi connectivity index (χ3v) is 3.56. The van der Waals surface area contributed by atoms with Crippen LogP contribution in [0.25, 0.3) is 12.2 Å². The van der Waals surface area contributed by atoms with Gasteiger partial charge in [-0.25, -0.2) is 14.6 Å². The number of aromatic carboxylic acids is 2. The van der Waals surface area contributed by atoms with Crippen LogP contribution in [0.2, 0.25) is 0 Å². The van der Waals surface area contributed by atoms with Gasteiger partial charge in [-0.1, -0.05) is 24.3 Å². The highest BCUT2D eigenvalue weighted by Gasteiger charge is 2.28. The van der Waals surface area contributed by atoms with Crippen LogP contribution in [0.5, 0.6) is 0 Å². The maximum absolute atomic E-state index is 11.5. The second-order valence-corrected chi connectivity index (χ2v) is 5.43. The number of rotatable bonds is 6. The fraction of sp³-hybridized carbons (Fsp3) is 0.118. The van der Waals surface area contributed by atoms with Gasteiger partial charge in [0.1, 0.15) is 11.8 Å². The van der Waals surface area contributed by atoms with Crippen LogP contribution in [-0.4, -0.2) is 46.2 Å². The molecule has 0 saturated carbocycles. The maximum atomic E-state index is 11.5. The van der Waals surface area contributed by atoms with Crippen molar-refractivity contribution >= 4 is 35.5 Å². The number of para-hydroxylation sites is 1. The number of carboxylic acid groups (broad SMARTS) is 2. The first-order valence-electron chi connectivity index (χ1n) is 7.32. The number of carboxylic acids is 2. The molecule has 0 radical (unpaired) electrons. The van der Waals surface area contributed by atoms with Crippen molar-refractivity contribution in [3.8, 4) is 0 Å². The average Bonchev–Trinajstić information content (AvgIpc) is 2.58. The van der Waals surface area contributed by atoms with Gasteiger partial charge >= 0.3 is 11.9 Å². The number of nitro groups is 1. The van der Waals surface area contributed by atoms with E-state index in [1.165, 1.54) is 12.2 Å². The summed E-state index contributed by atoms with van der Waals surface area (Å²) >= 11 is 0. The predicted molar refractivity (Wildman–Crippen MR) is 94.5 cm³/mol. The molecule has 0 aliphatic carbocycles. The molecule has 0 saturated heterocycles. The summed E-state index contributed by atoms with van der Waals surface area (Å²) in [6.45, 7) is 0. The number of aromatic nitrogens is 1. The number of anilines is 1. The van der Waals surface area contributed by atoms with Gasteiger partial charge in [0.15, 0.2) is 5.69 Å². The zero-order chi connectivity index (χ0) is 19.4. The molecule has 0 spiro atoms. The zero-order valence-corrected chi connectivity index (χ0v) is 13.9. The van der Waals surface area contributed by atoms with Crippen LogP contribution in [0.15, 0.2) is 30.5 Å². The van der Waals surface area contributed by atoms with E-state index in [0.29, 0.717) is 5.56 Å². The Morgan fingerprint density at radius 2 is 1.81 bits per heavy atom. The molecule has 0 aliphatic rings. The van der Waals surface area contributed by atoms with Crippen molar-refractivity contribution in [3.63, 3.8) is 0 Å². The molecule has 26 heavy (non-hydrogen) atoms. The first-order chi connectivity index (χ1) is 12.2. The molecule has 0 aliphatic heterocycles. The Morgan fingerprint density at radius 1 is 1.15 bits per heavy atom. The molecule has 0 unspecified atom stereocenters. The minimum atomic E-state index is -1.61. The van der Waals surface area contributed by atoms with Gasteiger partial charge < -0.3 is 15.1 Å². The van der Waals surface area contributed by atoms with Crippen molar-refractivity contribution in [1.82, 2.24) is 4.98 Å². The molecule has 9 nitrogen and oxygen atoms in total. The first kappa shape index (κ1) is 18.6. The molecule has 1 aromatic carbocycles. The zero-order valence-electron chi connectivity index (χ0n) is 13.9. The molecule has 0 amide bonds. The number of hydrogen-bond donors (Lipinski definition) is 2. The van der Waals surface area contributed by atoms with Crippen LogP contribution in [0, 0.1) is 10.1 Å². The van der Waals surface area contributed by atoms with Gasteiger partial charge in [-0.05, 0) is 17.7 Å². The highest BCUT2D eigenvalue weighted by molar-refractivity contribution is 6.04. The quantitative estimate of drug-likeness (QED) is 0.595. The fourth-order valence-corrected chi connectivity index (χ4v) is 2.42. The van der Waals surface area contributed by atoms with Crippen molar-refractivity contribution in [2.75, 3.05) is 19.0 Å². The lowest BCUT2D eigenvalue weighted by Crippen LogP contribution is -2.14. The molecule has 1 aromatic heterocycles. The summed E-state index contributed by atoms with van der Waals surface area (Å²) in [5.41, 5.74) is -0.934. The van der Waals surface area contributed by atoms with Crippen LogP contribution in [0.4, 0.5) is 11.4 Å². The van der Waals surface area contributed by atoms with Gasteiger partial charge in [-0.3, -0.25) is 10.1 Å². The molecule has 0 atom stereocenters. The van der Waals surface area contributed by atoms with Gasteiger partial charge in [-0.2, -0.15) is 0 Å². The van der Waals surface area contributed by atoms with Crippen LogP contribution in [-0.2, 0) is 0 Å². The van der Waals surface area contributed by atoms with Gasteiger partial charge in [0.05, 0.1) is 10.5 Å². The second-order valence-electron chi connectivity index (χ2n) is 5.43. The van der Waals surface area contributed by atoms with Crippen molar-refractivity contribution in [1.29, 1.82) is 0 Å². The topological polar surface area (TPSA) is 134 Å². The van der Waals surface area contributed by atoms with Crippen LogP contribution in [0.1, 0.15) is 32.0 Å². The third kappa shape index (κ3) is 3.66. The number of hydrogen-bond acceptors (Lipinski definition) is 6. The largest absolute Gasteiger partial charge is 0.478 e. The molecule has 2 N–H and O–H groups in total. The van der Waals surface area contributed by atoms with E-state index in [9.17, 15) is 24.8 Å². The Bertz CT molecular complexity index is 921. The molecule has 0 fully saturated rings. The Hall–Kier alpha value is -3.75. The summed E-state index contributed by atoms with van der Waals surface area (Å²) in [7, 11) is 3.62. The molecular formula is C17H15N3O6. The predicted octanol–water partition coefficient (Wildman–Crippen LogP) is 2.62. The van der Waals surface area contributed by atoms with Gasteiger partial charge in [0.25, 0.3) is 5.69 Å². The molecular weight excluding hydrogens is 342 g/mol. The van der Waals surface area contributed by atoms with Gasteiger partial charge in [0, 0.05) is 19.8 Å². The lowest BCUT2D eigenvalue weighted by molar-refractivity contribution is -0.385. The van der Waals surface area contributed by atoms with E-state index in [4.69, 9.17) is 5.11 Å². The normalized spacial score (nSPS) is 10.7. The molecule has 1 heterocycles. The van der Waals surface area contributed by atoms with Crippen LogP contribution in [0.3, 0.4) is 0 Å². The lowest BCUT2D eigenvalue weighted by Gasteiger charge is -2.15. The van der Waals surface area contributed by atoms with E-state index in [2.05, 4.69) is 4.98 Å². The number of pyridine rings is 1. The van der Waals surface area contributed by atoms with E-state index in [-0.39, 0.29) is 5.56 Å². The van der Waals surface area contributed by atoms with Gasteiger partial charge in [0.2, 0.25) is 0 Å². The minimum absolute atomic E-state index is 0.330. The smallest absolute Gasteiger partial charge is 0.355 e. The minimum Gasteiger partial charge on any atom is -0.478 e. The van der Waals surface area contributed by atoms with Crippen molar-refractivity contribution in [2.24, 2.45) is 0 Å². The van der Waals surface area contributed by atoms with Crippen LogP contribution < -0.4 is 4.90 Å². The number of nitrogens with zero attached hydrogens (tertiary/aromatic N) is 3. The second kappa shape index (κ2) is 7.43. The van der Waals surface area contributed by atoms with Gasteiger partial charge in [-0.15, -0.1) is 0 Å². The summed E-state index contributed by atoms with van der Waals surface area (Å²) in [6.07, 6.45) is 3.46. The Balaban J connectivity index is 2.72. The number of carbonyl (C=O) groups is 2.